The van der Waals surface area contributed by atoms with Gasteiger partial charge in [0.1, 0.15) is 0 Å². The second-order valence-electron chi connectivity index (χ2n) is 6.29. The summed E-state index contributed by atoms with van der Waals surface area (Å²) >= 11 is 0. The summed E-state index contributed by atoms with van der Waals surface area (Å²) in [6.07, 6.45) is 3.19. The molecular formula is C20H19N2O2+. The summed E-state index contributed by atoms with van der Waals surface area (Å²) in [6.45, 7) is 2.19. The Kier molecular flexibility index (Phi) is 3.75. The van der Waals surface area contributed by atoms with Crippen LogP contribution < -0.4 is 4.90 Å². The lowest BCUT2D eigenvalue weighted by Gasteiger charge is -2.26. The molecule has 24 heavy (non-hydrogen) atoms. The summed E-state index contributed by atoms with van der Waals surface area (Å²) in [5.41, 5.74) is 3.66. The number of nitrogens with zero attached hydrogens (tertiary/aromatic N) is 1. The monoisotopic (exact) mass is 319 g/mol. The van der Waals surface area contributed by atoms with Crippen LogP contribution in [0.1, 0.15) is 32.7 Å². The van der Waals surface area contributed by atoms with Crippen LogP contribution in [0.3, 0.4) is 0 Å². The van der Waals surface area contributed by atoms with Gasteiger partial charge in [0.15, 0.2) is 6.67 Å². The van der Waals surface area contributed by atoms with E-state index in [1.165, 1.54) is 20.9 Å². The number of carbonyl (C=O) groups is 2. The average Bonchev–Trinajstić information content (AvgIpc) is 2.88. The third-order valence-electron chi connectivity index (χ3n) is 4.79. The van der Waals surface area contributed by atoms with E-state index in [0.29, 0.717) is 17.8 Å². The third kappa shape index (κ3) is 2.55. The summed E-state index contributed by atoms with van der Waals surface area (Å²) in [7, 11) is 0. The second kappa shape index (κ2) is 6.06. The van der Waals surface area contributed by atoms with Gasteiger partial charge in [0.25, 0.3) is 11.8 Å². The van der Waals surface area contributed by atoms with Gasteiger partial charge in [-0.25, -0.2) is 4.90 Å². The predicted molar refractivity (Wildman–Crippen MR) is 91.5 cm³/mol. The highest BCUT2D eigenvalue weighted by Gasteiger charge is 2.37. The van der Waals surface area contributed by atoms with Crippen LogP contribution in [0, 0.1) is 0 Å². The molecule has 0 saturated carbocycles. The zero-order valence-corrected chi connectivity index (χ0v) is 13.4. The number of benzene rings is 2. The van der Waals surface area contributed by atoms with E-state index >= 15 is 0 Å². The van der Waals surface area contributed by atoms with Gasteiger partial charge < -0.3 is 4.90 Å². The number of hydrogen-bond donors (Lipinski definition) is 1. The lowest BCUT2D eigenvalue weighted by molar-refractivity contribution is -0.902. The molecule has 2 aromatic carbocycles. The van der Waals surface area contributed by atoms with Crippen LogP contribution in [-0.4, -0.2) is 36.5 Å². The van der Waals surface area contributed by atoms with Gasteiger partial charge in [-0.1, -0.05) is 42.5 Å². The lowest BCUT2D eigenvalue weighted by Crippen LogP contribution is -3.14. The molecule has 0 radical (unpaired) electrons. The number of amides is 2. The van der Waals surface area contributed by atoms with Crippen molar-refractivity contribution in [2.75, 3.05) is 19.8 Å². The highest BCUT2D eigenvalue weighted by Crippen LogP contribution is 2.22. The van der Waals surface area contributed by atoms with E-state index in [0.717, 1.165) is 19.5 Å². The smallest absolute Gasteiger partial charge is 0.265 e. The van der Waals surface area contributed by atoms with Crippen LogP contribution in [0.25, 0.3) is 5.57 Å². The number of quaternary nitrogens is 1. The van der Waals surface area contributed by atoms with Crippen LogP contribution in [0.4, 0.5) is 0 Å². The molecule has 2 amide bonds. The Morgan fingerprint density at radius 1 is 0.875 bits per heavy atom. The van der Waals surface area contributed by atoms with Gasteiger partial charge in [0.05, 0.1) is 24.2 Å². The first-order chi connectivity index (χ1) is 11.7. The first-order valence-electron chi connectivity index (χ1n) is 8.27. The van der Waals surface area contributed by atoms with Crippen molar-refractivity contribution < 1.29 is 14.5 Å². The van der Waals surface area contributed by atoms with Crippen molar-refractivity contribution in [1.82, 2.24) is 4.90 Å². The number of hydrogen-bond acceptors (Lipinski definition) is 2. The number of imide groups is 1. The van der Waals surface area contributed by atoms with Crippen molar-refractivity contribution in [2.24, 2.45) is 0 Å². The van der Waals surface area contributed by atoms with Gasteiger partial charge in [0.2, 0.25) is 0 Å². The van der Waals surface area contributed by atoms with Crippen molar-refractivity contribution in [2.45, 2.75) is 6.42 Å². The molecule has 0 fully saturated rings. The molecule has 1 atom stereocenters. The van der Waals surface area contributed by atoms with Crippen molar-refractivity contribution in [3.63, 3.8) is 0 Å². The van der Waals surface area contributed by atoms with Gasteiger partial charge >= 0.3 is 0 Å². The highest BCUT2D eigenvalue weighted by molar-refractivity contribution is 6.21. The Labute approximate surface area is 141 Å². The standard InChI is InChI=1S/C20H18N2O2/c23-19-17-8-4-5-9-18(17)20(24)22(19)14-21-12-10-16(11-13-21)15-6-2-1-3-7-15/h1-10H,11-14H2/p+1. The summed E-state index contributed by atoms with van der Waals surface area (Å²) in [6, 6.07) is 17.4. The lowest BCUT2D eigenvalue weighted by atomic mass is 10.00. The summed E-state index contributed by atoms with van der Waals surface area (Å²) in [5, 5.41) is 0. The van der Waals surface area contributed by atoms with E-state index in [2.05, 4.69) is 18.2 Å². The largest absolute Gasteiger partial charge is 0.314 e. The van der Waals surface area contributed by atoms with E-state index in [9.17, 15) is 9.59 Å². The molecule has 2 aliphatic heterocycles. The molecule has 0 aliphatic carbocycles. The summed E-state index contributed by atoms with van der Waals surface area (Å²) in [4.78, 5) is 27.5. The van der Waals surface area contributed by atoms with Crippen molar-refractivity contribution >= 4 is 17.4 Å². The molecule has 120 valence electrons. The molecule has 0 spiro atoms. The number of nitrogens with one attached hydrogen (secondary N) is 1. The predicted octanol–water partition coefficient (Wildman–Crippen LogP) is 1.61. The molecule has 4 nitrogen and oxygen atoms in total. The Bertz CT molecular complexity index is 792. The van der Waals surface area contributed by atoms with Crippen molar-refractivity contribution in [1.29, 1.82) is 0 Å². The zero-order chi connectivity index (χ0) is 16.5. The quantitative estimate of drug-likeness (QED) is 0.874. The molecule has 4 rings (SSSR count). The van der Waals surface area contributed by atoms with Gasteiger partial charge in [-0.2, -0.15) is 0 Å². The van der Waals surface area contributed by atoms with Crippen LogP contribution in [0.15, 0.2) is 60.7 Å². The fourth-order valence-corrected chi connectivity index (χ4v) is 3.45. The molecule has 2 aliphatic rings. The molecule has 2 heterocycles. The minimum atomic E-state index is -0.166. The van der Waals surface area contributed by atoms with E-state index < -0.39 is 0 Å². The molecular weight excluding hydrogens is 300 g/mol. The first kappa shape index (κ1) is 14.8. The summed E-state index contributed by atoms with van der Waals surface area (Å²) < 4.78 is 0. The third-order valence-corrected chi connectivity index (χ3v) is 4.79. The SMILES string of the molecule is O=C1c2ccccc2C(=O)N1C[NH+]1CC=C(c2ccccc2)CC1. The normalized spacial score (nSPS) is 20.1. The molecule has 0 saturated heterocycles. The minimum Gasteiger partial charge on any atom is -0.314 e. The molecule has 0 bridgehead atoms. The molecule has 1 unspecified atom stereocenters. The average molecular weight is 319 g/mol. The van der Waals surface area contributed by atoms with Crippen LogP contribution in [-0.2, 0) is 0 Å². The van der Waals surface area contributed by atoms with Gasteiger partial charge in [-0.15, -0.1) is 0 Å². The van der Waals surface area contributed by atoms with Gasteiger partial charge in [-0.05, 0) is 29.3 Å². The van der Waals surface area contributed by atoms with Gasteiger partial charge in [0, 0.05) is 6.42 Å². The second-order valence-corrected chi connectivity index (χ2v) is 6.29. The van der Waals surface area contributed by atoms with E-state index in [-0.39, 0.29) is 11.8 Å². The van der Waals surface area contributed by atoms with Crippen LogP contribution in [0.2, 0.25) is 0 Å². The fourth-order valence-electron chi connectivity index (χ4n) is 3.45. The number of carbonyl (C=O) groups excluding carboxylic acids is 2. The highest BCUT2D eigenvalue weighted by atomic mass is 16.2. The Hall–Kier alpha value is -2.72. The van der Waals surface area contributed by atoms with E-state index in [4.69, 9.17) is 0 Å². The zero-order valence-electron chi connectivity index (χ0n) is 13.4. The Morgan fingerprint density at radius 3 is 2.08 bits per heavy atom. The molecule has 0 aromatic heterocycles. The topological polar surface area (TPSA) is 41.8 Å². The van der Waals surface area contributed by atoms with Crippen molar-refractivity contribution in [3.8, 4) is 0 Å². The van der Waals surface area contributed by atoms with Gasteiger partial charge in [-0.3, -0.25) is 9.59 Å². The Balaban J connectivity index is 1.46. The van der Waals surface area contributed by atoms with Crippen molar-refractivity contribution in [3.05, 3.63) is 77.4 Å². The van der Waals surface area contributed by atoms with E-state index in [1.807, 2.05) is 18.2 Å². The maximum atomic E-state index is 12.4. The summed E-state index contributed by atoms with van der Waals surface area (Å²) in [5.74, 6) is -0.332. The Morgan fingerprint density at radius 2 is 1.50 bits per heavy atom. The molecule has 4 heteroatoms. The number of fused-ring (bicyclic) bond motifs is 1. The minimum absolute atomic E-state index is 0.166. The molecule has 1 N–H and O–H groups in total. The van der Waals surface area contributed by atoms with Crippen LogP contribution >= 0.6 is 0 Å². The van der Waals surface area contributed by atoms with Crippen LogP contribution in [0.5, 0.6) is 0 Å². The van der Waals surface area contributed by atoms with E-state index in [1.54, 1.807) is 24.3 Å². The first-order valence-corrected chi connectivity index (χ1v) is 8.27. The fraction of sp³-hybridized carbons (Fsp3) is 0.200. The maximum Gasteiger partial charge on any atom is 0.265 e. The number of rotatable bonds is 3. The maximum absolute atomic E-state index is 12.4. The molecule has 2 aromatic rings.